The van der Waals surface area contributed by atoms with Crippen LogP contribution in [0.15, 0.2) is 59.9 Å². The molecule has 0 aliphatic heterocycles. The van der Waals surface area contributed by atoms with Gasteiger partial charge in [0.25, 0.3) is 0 Å². The maximum absolute atomic E-state index is 12.1. The number of fused-ring (bicyclic) bond motifs is 1. The minimum atomic E-state index is -0.127. The molecule has 0 fully saturated rings. The van der Waals surface area contributed by atoms with E-state index >= 15 is 0 Å². The zero-order valence-corrected chi connectivity index (χ0v) is 13.8. The number of nitrogens with zero attached hydrogens (tertiary/aromatic N) is 2. The summed E-state index contributed by atoms with van der Waals surface area (Å²) in [6.45, 7) is 1.51. The molecule has 5 nitrogen and oxygen atoms in total. The summed E-state index contributed by atoms with van der Waals surface area (Å²) in [6.07, 6.45) is 1.50. The molecule has 1 amide bonds. The molecule has 2 aromatic carbocycles. The molecule has 0 atom stereocenters. The average molecular weight is 337 g/mol. The Kier molecular flexibility index (Phi) is 4.86. The number of nitrogens with one attached hydrogen (secondary N) is 1. The number of hydrogen-bond donors (Lipinski definition) is 1. The zero-order valence-electron chi connectivity index (χ0n) is 13.0. The maximum atomic E-state index is 12.1. The standard InChI is InChI=1S/C18H15N3O2S/c1-12(22)13-6-8-14(9-7-13)21-17(23)10-24-18-15-4-2-3-5-16(15)19-11-20-18/h2-9,11H,10H2,1H3,(H,21,23). The van der Waals surface area contributed by atoms with E-state index in [-0.39, 0.29) is 17.4 Å². The second-order valence-corrected chi connectivity index (χ2v) is 6.13. The first-order valence-electron chi connectivity index (χ1n) is 7.37. The maximum Gasteiger partial charge on any atom is 0.234 e. The molecule has 1 heterocycles. The Bertz CT molecular complexity index is 889. The van der Waals surface area contributed by atoms with E-state index in [0.717, 1.165) is 15.9 Å². The number of rotatable bonds is 5. The van der Waals surface area contributed by atoms with Crippen LogP contribution in [0.4, 0.5) is 5.69 Å². The van der Waals surface area contributed by atoms with Crippen LogP contribution in [-0.2, 0) is 4.79 Å². The Balaban J connectivity index is 1.64. The number of anilines is 1. The number of para-hydroxylation sites is 1. The lowest BCUT2D eigenvalue weighted by molar-refractivity contribution is -0.113. The van der Waals surface area contributed by atoms with Crippen molar-refractivity contribution >= 4 is 40.0 Å². The number of amides is 1. The minimum Gasteiger partial charge on any atom is -0.325 e. The lowest BCUT2D eigenvalue weighted by Crippen LogP contribution is -2.14. The molecular weight excluding hydrogens is 322 g/mol. The highest BCUT2D eigenvalue weighted by Gasteiger charge is 2.08. The SMILES string of the molecule is CC(=O)c1ccc(NC(=O)CSc2ncnc3ccccc23)cc1. The third-order valence-corrected chi connectivity index (χ3v) is 4.43. The second-order valence-electron chi connectivity index (χ2n) is 5.17. The summed E-state index contributed by atoms with van der Waals surface area (Å²) in [7, 11) is 0. The number of Topliss-reactive ketones (excluding diaryl/α,β-unsaturated/α-hetero) is 1. The quantitative estimate of drug-likeness (QED) is 0.438. The number of benzene rings is 2. The normalized spacial score (nSPS) is 10.5. The fourth-order valence-electron chi connectivity index (χ4n) is 2.21. The molecule has 3 aromatic rings. The highest BCUT2D eigenvalue weighted by atomic mass is 32.2. The van der Waals surface area contributed by atoms with E-state index in [2.05, 4.69) is 15.3 Å². The molecule has 1 N–H and O–H groups in total. The van der Waals surface area contributed by atoms with Gasteiger partial charge in [-0.1, -0.05) is 30.0 Å². The van der Waals surface area contributed by atoms with Gasteiger partial charge >= 0.3 is 0 Å². The van der Waals surface area contributed by atoms with Crippen molar-refractivity contribution in [2.24, 2.45) is 0 Å². The average Bonchev–Trinajstić information content (AvgIpc) is 2.60. The summed E-state index contributed by atoms with van der Waals surface area (Å²) < 4.78 is 0. The van der Waals surface area contributed by atoms with Crippen LogP contribution in [0.2, 0.25) is 0 Å². The van der Waals surface area contributed by atoms with Crippen LogP contribution in [0, 0.1) is 0 Å². The van der Waals surface area contributed by atoms with Crippen molar-refractivity contribution < 1.29 is 9.59 Å². The fraction of sp³-hybridized carbons (Fsp3) is 0.111. The molecule has 3 rings (SSSR count). The smallest absolute Gasteiger partial charge is 0.234 e. The van der Waals surface area contributed by atoms with Gasteiger partial charge in [-0.15, -0.1) is 0 Å². The van der Waals surface area contributed by atoms with Crippen LogP contribution >= 0.6 is 11.8 Å². The van der Waals surface area contributed by atoms with Crippen molar-refractivity contribution in [3.05, 3.63) is 60.4 Å². The van der Waals surface area contributed by atoms with Crippen LogP contribution in [0.25, 0.3) is 10.9 Å². The van der Waals surface area contributed by atoms with Crippen molar-refractivity contribution in [3.8, 4) is 0 Å². The Morgan fingerprint density at radius 1 is 1.04 bits per heavy atom. The first kappa shape index (κ1) is 16.1. The van der Waals surface area contributed by atoms with Crippen LogP contribution in [0.1, 0.15) is 17.3 Å². The van der Waals surface area contributed by atoms with Gasteiger partial charge in [0.15, 0.2) is 5.78 Å². The molecule has 6 heteroatoms. The van der Waals surface area contributed by atoms with E-state index in [4.69, 9.17) is 0 Å². The van der Waals surface area contributed by atoms with Crippen molar-refractivity contribution in [2.75, 3.05) is 11.1 Å². The topological polar surface area (TPSA) is 72.0 Å². The largest absolute Gasteiger partial charge is 0.325 e. The number of ketones is 1. The first-order valence-corrected chi connectivity index (χ1v) is 8.35. The Labute approximate surface area is 143 Å². The van der Waals surface area contributed by atoms with E-state index < -0.39 is 0 Å². The van der Waals surface area contributed by atoms with Gasteiger partial charge in [-0.2, -0.15) is 0 Å². The Morgan fingerprint density at radius 3 is 2.54 bits per heavy atom. The number of aromatic nitrogens is 2. The molecule has 24 heavy (non-hydrogen) atoms. The van der Waals surface area contributed by atoms with E-state index in [1.807, 2.05) is 24.3 Å². The predicted octanol–water partition coefficient (Wildman–Crippen LogP) is 3.56. The number of carbonyl (C=O) groups excluding carboxylic acids is 2. The Morgan fingerprint density at radius 2 is 1.79 bits per heavy atom. The summed E-state index contributed by atoms with van der Waals surface area (Å²) in [5.41, 5.74) is 2.14. The van der Waals surface area contributed by atoms with Crippen LogP contribution < -0.4 is 5.32 Å². The van der Waals surface area contributed by atoms with Gasteiger partial charge in [-0.3, -0.25) is 9.59 Å². The first-order chi connectivity index (χ1) is 11.6. The molecule has 1 aromatic heterocycles. The molecular formula is C18H15N3O2S. The summed E-state index contributed by atoms with van der Waals surface area (Å²) >= 11 is 1.37. The molecule has 0 bridgehead atoms. The van der Waals surface area contributed by atoms with Gasteiger partial charge in [-0.25, -0.2) is 9.97 Å². The van der Waals surface area contributed by atoms with Crippen molar-refractivity contribution in [3.63, 3.8) is 0 Å². The Hall–Kier alpha value is -2.73. The van der Waals surface area contributed by atoms with Crippen molar-refractivity contribution in [1.29, 1.82) is 0 Å². The van der Waals surface area contributed by atoms with Gasteiger partial charge in [-0.05, 0) is 37.3 Å². The molecule has 0 saturated carbocycles. The minimum absolute atomic E-state index is 0.000860. The highest BCUT2D eigenvalue weighted by Crippen LogP contribution is 2.24. The molecule has 0 aliphatic rings. The molecule has 0 spiro atoms. The summed E-state index contributed by atoms with van der Waals surface area (Å²) in [4.78, 5) is 31.8. The lowest BCUT2D eigenvalue weighted by atomic mass is 10.1. The van der Waals surface area contributed by atoms with Crippen molar-refractivity contribution in [1.82, 2.24) is 9.97 Å². The van der Waals surface area contributed by atoms with Gasteiger partial charge in [0, 0.05) is 16.6 Å². The molecule has 0 saturated heterocycles. The summed E-state index contributed by atoms with van der Waals surface area (Å²) in [6, 6.07) is 14.5. The third-order valence-electron chi connectivity index (χ3n) is 3.42. The van der Waals surface area contributed by atoms with Gasteiger partial charge in [0.1, 0.15) is 11.4 Å². The van der Waals surface area contributed by atoms with E-state index in [1.165, 1.54) is 25.0 Å². The molecule has 0 aliphatic carbocycles. The number of thioether (sulfide) groups is 1. The second kappa shape index (κ2) is 7.23. The van der Waals surface area contributed by atoms with Gasteiger partial charge in [0.05, 0.1) is 11.3 Å². The number of hydrogen-bond acceptors (Lipinski definition) is 5. The summed E-state index contributed by atoms with van der Waals surface area (Å²) in [5, 5.41) is 4.53. The van der Waals surface area contributed by atoms with E-state index in [0.29, 0.717) is 11.3 Å². The summed E-state index contributed by atoms with van der Waals surface area (Å²) in [5.74, 6) is 0.118. The van der Waals surface area contributed by atoms with E-state index in [1.54, 1.807) is 24.3 Å². The molecule has 0 radical (unpaired) electrons. The fourth-order valence-corrected chi connectivity index (χ4v) is 3.00. The zero-order chi connectivity index (χ0) is 16.9. The van der Waals surface area contributed by atoms with Gasteiger partial charge in [0.2, 0.25) is 5.91 Å². The van der Waals surface area contributed by atoms with Gasteiger partial charge < -0.3 is 5.32 Å². The number of carbonyl (C=O) groups is 2. The monoisotopic (exact) mass is 337 g/mol. The molecule has 0 unspecified atom stereocenters. The van der Waals surface area contributed by atoms with Crippen LogP contribution in [0.3, 0.4) is 0 Å². The van der Waals surface area contributed by atoms with Crippen LogP contribution in [0.5, 0.6) is 0 Å². The predicted molar refractivity (Wildman–Crippen MR) is 95.3 cm³/mol. The van der Waals surface area contributed by atoms with Crippen LogP contribution in [-0.4, -0.2) is 27.4 Å². The van der Waals surface area contributed by atoms with Crippen molar-refractivity contribution in [2.45, 2.75) is 11.9 Å². The lowest BCUT2D eigenvalue weighted by Gasteiger charge is -2.07. The highest BCUT2D eigenvalue weighted by molar-refractivity contribution is 8.00. The third kappa shape index (κ3) is 3.78. The molecule has 120 valence electrons. The van der Waals surface area contributed by atoms with E-state index in [9.17, 15) is 9.59 Å².